The zero-order chi connectivity index (χ0) is 15.2. The molecule has 1 fully saturated rings. The number of hydrogen-bond donors (Lipinski definition) is 1. The largest absolute Gasteiger partial charge is 0.383 e. The van der Waals surface area contributed by atoms with E-state index in [-0.39, 0.29) is 12.5 Å². The number of amides is 1. The number of carbonyl (C=O) groups excluding carboxylic acids is 1. The van der Waals surface area contributed by atoms with Gasteiger partial charge in [0.25, 0.3) is 0 Å². The summed E-state index contributed by atoms with van der Waals surface area (Å²) in [6.45, 7) is 1.76. The van der Waals surface area contributed by atoms with Gasteiger partial charge in [-0.15, -0.1) is 0 Å². The van der Waals surface area contributed by atoms with Crippen molar-refractivity contribution in [1.82, 2.24) is 4.90 Å². The van der Waals surface area contributed by atoms with Crippen LogP contribution in [0.25, 0.3) is 0 Å². The molecule has 0 bridgehead atoms. The van der Waals surface area contributed by atoms with Gasteiger partial charge in [-0.05, 0) is 42.9 Å². The lowest BCUT2D eigenvalue weighted by Crippen LogP contribution is -2.47. The van der Waals surface area contributed by atoms with Crippen LogP contribution in [0.5, 0.6) is 0 Å². The molecule has 1 aromatic rings. The Morgan fingerprint density at radius 2 is 2.10 bits per heavy atom. The van der Waals surface area contributed by atoms with E-state index >= 15 is 0 Å². The maximum absolute atomic E-state index is 12.4. The molecule has 2 rings (SSSR count). The monoisotopic (exact) mass is 310 g/mol. The lowest BCUT2D eigenvalue weighted by atomic mass is 10.1. The van der Waals surface area contributed by atoms with Gasteiger partial charge in [0.2, 0.25) is 5.91 Å². The van der Waals surface area contributed by atoms with Crippen LogP contribution in [-0.2, 0) is 16.0 Å². The Balaban J connectivity index is 1.92. The van der Waals surface area contributed by atoms with Crippen molar-refractivity contribution in [3.8, 4) is 0 Å². The molecule has 1 aliphatic carbocycles. The minimum atomic E-state index is -0.570. The first-order chi connectivity index (χ1) is 10.1. The van der Waals surface area contributed by atoms with Crippen molar-refractivity contribution in [3.05, 3.63) is 34.9 Å². The fraction of sp³-hybridized carbons (Fsp3) is 0.562. The minimum absolute atomic E-state index is 0.0160. The first-order valence-electron chi connectivity index (χ1n) is 7.38. The number of rotatable bonds is 8. The van der Waals surface area contributed by atoms with Crippen LogP contribution in [0.2, 0.25) is 5.02 Å². The van der Waals surface area contributed by atoms with E-state index in [4.69, 9.17) is 22.1 Å². The van der Waals surface area contributed by atoms with E-state index in [2.05, 4.69) is 0 Å². The minimum Gasteiger partial charge on any atom is -0.383 e. The molecule has 1 amide bonds. The normalized spacial score (nSPS) is 15.8. The van der Waals surface area contributed by atoms with Crippen molar-refractivity contribution in [1.29, 1.82) is 0 Å². The van der Waals surface area contributed by atoms with Gasteiger partial charge in [-0.1, -0.05) is 23.7 Å². The molecule has 21 heavy (non-hydrogen) atoms. The zero-order valence-electron chi connectivity index (χ0n) is 12.4. The molecule has 0 heterocycles. The number of nitrogens with zero attached hydrogens (tertiary/aromatic N) is 1. The van der Waals surface area contributed by atoms with E-state index in [0.29, 0.717) is 12.5 Å². The molecule has 2 N–H and O–H groups in total. The summed E-state index contributed by atoms with van der Waals surface area (Å²) in [6, 6.07) is 7.18. The Kier molecular flexibility index (Phi) is 6.03. The van der Waals surface area contributed by atoms with Gasteiger partial charge in [-0.3, -0.25) is 4.79 Å². The standard InChI is InChI=1S/C16H23ClN2O2/c1-21-11-15(18)16(20)19(10-13-2-3-13)9-8-12-4-6-14(17)7-5-12/h4-7,13,15H,2-3,8-11,18H2,1H3. The average molecular weight is 311 g/mol. The molecule has 0 aliphatic heterocycles. The first kappa shape index (κ1) is 16.3. The van der Waals surface area contributed by atoms with Gasteiger partial charge in [-0.2, -0.15) is 0 Å². The molecule has 1 unspecified atom stereocenters. The fourth-order valence-corrected chi connectivity index (χ4v) is 2.43. The van der Waals surface area contributed by atoms with Gasteiger partial charge in [0.1, 0.15) is 6.04 Å². The molecule has 4 nitrogen and oxygen atoms in total. The number of hydrogen-bond acceptors (Lipinski definition) is 3. The molecule has 0 radical (unpaired) electrons. The topological polar surface area (TPSA) is 55.6 Å². The number of methoxy groups -OCH3 is 1. The molecule has 5 heteroatoms. The number of benzene rings is 1. The molecule has 0 spiro atoms. The summed E-state index contributed by atoms with van der Waals surface area (Å²) < 4.78 is 4.98. The second-order valence-corrected chi connectivity index (χ2v) is 6.10. The summed E-state index contributed by atoms with van der Waals surface area (Å²) in [5.41, 5.74) is 7.05. The van der Waals surface area contributed by atoms with Crippen LogP contribution in [0.3, 0.4) is 0 Å². The van der Waals surface area contributed by atoms with Gasteiger partial charge in [0, 0.05) is 25.2 Å². The molecule has 0 saturated heterocycles. The quantitative estimate of drug-likeness (QED) is 0.800. The van der Waals surface area contributed by atoms with Crippen LogP contribution in [-0.4, -0.2) is 43.7 Å². The SMILES string of the molecule is COCC(N)C(=O)N(CCc1ccc(Cl)cc1)CC1CC1. The Bertz CT molecular complexity index is 460. The van der Waals surface area contributed by atoms with E-state index in [9.17, 15) is 4.79 Å². The lowest BCUT2D eigenvalue weighted by molar-refractivity contribution is -0.134. The highest BCUT2D eigenvalue weighted by Crippen LogP contribution is 2.30. The average Bonchev–Trinajstić information content (AvgIpc) is 3.28. The Labute approximate surface area is 131 Å². The van der Waals surface area contributed by atoms with Crippen LogP contribution in [0.4, 0.5) is 0 Å². The van der Waals surface area contributed by atoms with Crippen molar-refractivity contribution in [2.45, 2.75) is 25.3 Å². The summed E-state index contributed by atoms with van der Waals surface area (Å²) >= 11 is 5.88. The summed E-state index contributed by atoms with van der Waals surface area (Å²) in [5.74, 6) is 0.631. The summed E-state index contributed by atoms with van der Waals surface area (Å²) in [7, 11) is 1.56. The second-order valence-electron chi connectivity index (χ2n) is 5.67. The summed E-state index contributed by atoms with van der Waals surface area (Å²) in [4.78, 5) is 14.3. The van der Waals surface area contributed by atoms with Crippen LogP contribution < -0.4 is 5.73 Å². The van der Waals surface area contributed by atoms with Crippen molar-refractivity contribution < 1.29 is 9.53 Å². The highest BCUT2D eigenvalue weighted by Gasteiger charge is 2.28. The van der Waals surface area contributed by atoms with E-state index < -0.39 is 6.04 Å². The number of ether oxygens (including phenoxy) is 1. The van der Waals surface area contributed by atoms with Crippen molar-refractivity contribution in [3.63, 3.8) is 0 Å². The zero-order valence-corrected chi connectivity index (χ0v) is 13.2. The number of nitrogens with two attached hydrogens (primary N) is 1. The summed E-state index contributed by atoms with van der Waals surface area (Å²) in [6.07, 6.45) is 3.24. The van der Waals surface area contributed by atoms with E-state index in [0.717, 1.165) is 18.0 Å². The van der Waals surface area contributed by atoms with Gasteiger partial charge < -0.3 is 15.4 Å². The highest BCUT2D eigenvalue weighted by molar-refractivity contribution is 6.30. The van der Waals surface area contributed by atoms with Crippen molar-refractivity contribution in [2.24, 2.45) is 11.7 Å². The number of halogens is 1. The fourth-order valence-electron chi connectivity index (χ4n) is 2.30. The van der Waals surface area contributed by atoms with E-state index in [1.807, 2.05) is 29.2 Å². The maximum Gasteiger partial charge on any atom is 0.241 e. The van der Waals surface area contributed by atoms with Gasteiger partial charge in [-0.25, -0.2) is 0 Å². The third kappa shape index (κ3) is 5.30. The van der Waals surface area contributed by atoms with Crippen LogP contribution >= 0.6 is 11.6 Å². The van der Waals surface area contributed by atoms with Crippen LogP contribution in [0, 0.1) is 5.92 Å². The molecule has 1 aromatic carbocycles. The molecule has 116 valence electrons. The number of carbonyl (C=O) groups is 1. The lowest BCUT2D eigenvalue weighted by Gasteiger charge is -2.25. The van der Waals surface area contributed by atoms with Gasteiger partial charge in [0.15, 0.2) is 0 Å². The molecular weight excluding hydrogens is 288 g/mol. The van der Waals surface area contributed by atoms with Crippen LogP contribution in [0.1, 0.15) is 18.4 Å². The van der Waals surface area contributed by atoms with Gasteiger partial charge in [0.05, 0.1) is 6.61 Å². The molecule has 1 atom stereocenters. The third-order valence-electron chi connectivity index (χ3n) is 3.73. The third-order valence-corrected chi connectivity index (χ3v) is 3.99. The molecule has 1 aliphatic rings. The van der Waals surface area contributed by atoms with E-state index in [1.165, 1.54) is 18.4 Å². The van der Waals surface area contributed by atoms with E-state index in [1.54, 1.807) is 7.11 Å². The predicted octanol–water partition coefficient (Wildman–Crippen LogP) is 2.09. The Morgan fingerprint density at radius 1 is 1.43 bits per heavy atom. The van der Waals surface area contributed by atoms with Crippen molar-refractivity contribution in [2.75, 3.05) is 26.8 Å². The van der Waals surface area contributed by atoms with Crippen LogP contribution in [0.15, 0.2) is 24.3 Å². The predicted molar refractivity (Wildman–Crippen MR) is 84.3 cm³/mol. The smallest absolute Gasteiger partial charge is 0.241 e. The Hall–Kier alpha value is -1.10. The second kappa shape index (κ2) is 7.78. The Morgan fingerprint density at radius 3 is 2.67 bits per heavy atom. The van der Waals surface area contributed by atoms with Gasteiger partial charge >= 0.3 is 0 Å². The molecule has 0 aromatic heterocycles. The molecular formula is C16H23ClN2O2. The maximum atomic E-state index is 12.4. The first-order valence-corrected chi connectivity index (χ1v) is 7.75. The highest BCUT2D eigenvalue weighted by atomic mass is 35.5. The summed E-state index contributed by atoms with van der Waals surface area (Å²) in [5, 5.41) is 0.728. The van der Waals surface area contributed by atoms with Crippen molar-refractivity contribution >= 4 is 17.5 Å². The molecule has 1 saturated carbocycles.